The zero-order valence-electron chi connectivity index (χ0n) is 14.9. The number of halogens is 1. The highest BCUT2D eigenvalue weighted by Gasteiger charge is 2.15. The van der Waals surface area contributed by atoms with Crippen molar-refractivity contribution in [3.8, 4) is 11.4 Å². The van der Waals surface area contributed by atoms with Crippen LogP contribution >= 0.6 is 23.4 Å². The lowest BCUT2D eigenvalue weighted by molar-refractivity contribution is 0.378. The number of nitrogens with one attached hydrogen (secondary N) is 2. The second kappa shape index (κ2) is 9.83. The number of nitrogens with zero attached hydrogens (tertiary/aromatic N) is 3. The molecule has 1 fully saturated rings. The first-order valence-electron chi connectivity index (χ1n) is 8.97. The Morgan fingerprint density at radius 2 is 2.19 bits per heavy atom. The largest absolute Gasteiger partial charge is 0.357 e. The first-order valence-corrected chi connectivity index (χ1v) is 10.4. The third-order valence-corrected chi connectivity index (χ3v) is 5.66. The van der Waals surface area contributed by atoms with Crippen LogP contribution in [0.5, 0.6) is 0 Å². The number of thioether (sulfide) groups is 1. The van der Waals surface area contributed by atoms with Crippen LogP contribution in [0.4, 0.5) is 0 Å². The molecule has 26 heavy (non-hydrogen) atoms. The van der Waals surface area contributed by atoms with Crippen molar-refractivity contribution >= 4 is 29.3 Å². The predicted octanol–water partition coefficient (Wildman–Crippen LogP) is 3.38. The molecule has 0 saturated carbocycles. The molecule has 0 radical (unpaired) electrons. The molecular weight excluding hydrogens is 370 g/mol. The van der Waals surface area contributed by atoms with Crippen LogP contribution in [0.15, 0.2) is 33.8 Å². The summed E-state index contributed by atoms with van der Waals surface area (Å²) in [6, 6.07) is 7.39. The van der Waals surface area contributed by atoms with Crippen LogP contribution in [0, 0.1) is 0 Å². The molecule has 0 aliphatic carbocycles. The Bertz CT molecular complexity index is 713. The number of aromatic nitrogens is 2. The van der Waals surface area contributed by atoms with E-state index in [0.717, 1.165) is 24.6 Å². The van der Waals surface area contributed by atoms with Crippen molar-refractivity contribution in [1.82, 2.24) is 20.8 Å². The average Bonchev–Trinajstić information content (AvgIpc) is 3.32. The Labute approximate surface area is 163 Å². The third-order valence-electron chi connectivity index (χ3n) is 4.02. The molecule has 1 unspecified atom stereocenters. The Morgan fingerprint density at radius 1 is 1.35 bits per heavy atom. The molecule has 0 spiro atoms. The van der Waals surface area contributed by atoms with Gasteiger partial charge in [-0.25, -0.2) is 0 Å². The molecule has 0 bridgehead atoms. The Hall–Kier alpha value is -1.73. The van der Waals surface area contributed by atoms with Gasteiger partial charge in [-0.15, -0.1) is 0 Å². The van der Waals surface area contributed by atoms with Crippen molar-refractivity contribution in [2.24, 2.45) is 4.99 Å². The summed E-state index contributed by atoms with van der Waals surface area (Å²) in [4.78, 5) is 9.12. The van der Waals surface area contributed by atoms with E-state index in [1.807, 2.05) is 36.0 Å². The SMILES string of the molecule is CCNC(=NCC1CCCS1)NCCc1nc(-c2ccc(Cl)cc2)no1. The van der Waals surface area contributed by atoms with Crippen LogP contribution in [-0.4, -0.2) is 46.7 Å². The van der Waals surface area contributed by atoms with Gasteiger partial charge in [-0.3, -0.25) is 4.99 Å². The summed E-state index contributed by atoms with van der Waals surface area (Å²) in [5.74, 6) is 3.29. The van der Waals surface area contributed by atoms with E-state index in [-0.39, 0.29) is 0 Å². The van der Waals surface area contributed by atoms with Gasteiger partial charge in [0.2, 0.25) is 11.7 Å². The van der Waals surface area contributed by atoms with Gasteiger partial charge in [0.25, 0.3) is 0 Å². The maximum atomic E-state index is 5.90. The molecule has 2 aromatic rings. The van der Waals surface area contributed by atoms with Gasteiger partial charge in [-0.2, -0.15) is 16.7 Å². The van der Waals surface area contributed by atoms with Crippen LogP contribution in [0.25, 0.3) is 11.4 Å². The molecule has 140 valence electrons. The molecule has 1 aromatic heterocycles. The molecule has 2 heterocycles. The predicted molar refractivity (Wildman–Crippen MR) is 108 cm³/mol. The van der Waals surface area contributed by atoms with E-state index in [0.29, 0.717) is 35.0 Å². The first-order chi connectivity index (χ1) is 12.7. The Balaban J connectivity index is 1.49. The minimum absolute atomic E-state index is 0.579. The number of aliphatic imine (C=N–C) groups is 1. The van der Waals surface area contributed by atoms with Crippen LogP contribution in [0.3, 0.4) is 0 Å². The van der Waals surface area contributed by atoms with Gasteiger partial charge >= 0.3 is 0 Å². The van der Waals surface area contributed by atoms with Crippen molar-refractivity contribution in [1.29, 1.82) is 0 Å². The molecule has 0 amide bonds. The molecule has 2 N–H and O–H groups in total. The summed E-state index contributed by atoms with van der Waals surface area (Å²) in [6.45, 7) is 4.45. The highest BCUT2D eigenvalue weighted by atomic mass is 35.5. The van der Waals surface area contributed by atoms with Gasteiger partial charge in [0.1, 0.15) is 0 Å². The second-order valence-corrected chi connectivity index (χ2v) is 7.89. The zero-order chi connectivity index (χ0) is 18.2. The summed E-state index contributed by atoms with van der Waals surface area (Å²) < 4.78 is 5.33. The fourth-order valence-corrected chi connectivity index (χ4v) is 3.99. The maximum Gasteiger partial charge on any atom is 0.228 e. The summed E-state index contributed by atoms with van der Waals surface area (Å²) in [5.41, 5.74) is 0.890. The van der Waals surface area contributed by atoms with Gasteiger partial charge in [0.05, 0.1) is 6.54 Å². The fraction of sp³-hybridized carbons (Fsp3) is 0.500. The number of rotatable bonds is 7. The van der Waals surface area contributed by atoms with E-state index in [4.69, 9.17) is 16.1 Å². The lowest BCUT2D eigenvalue weighted by Gasteiger charge is -2.11. The lowest BCUT2D eigenvalue weighted by Crippen LogP contribution is -2.38. The summed E-state index contributed by atoms with van der Waals surface area (Å²) >= 11 is 7.92. The molecule has 1 aromatic carbocycles. The molecule has 6 nitrogen and oxygen atoms in total. The first kappa shape index (κ1) is 19.0. The number of benzene rings is 1. The summed E-state index contributed by atoms with van der Waals surface area (Å²) in [7, 11) is 0. The normalized spacial score (nSPS) is 17.5. The summed E-state index contributed by atoms with van der Waals surface area (Å²) in [6.07, 6.45) is 3.22. The summed E-state index contributed by atoms with van der Waals surface area (Å²) in [5, 5.41) is 12.0. The number of hydrogen-bond donors (Lipinski definition) is 2. The molecule has 3 rings (SSSR count). The highest BCUT2D eigenvalue weighted by molar-refractivity contribution is 8.00. The van der Waals surface area contributed by atoms with Crippen molar-refractivity contribution in [2.45, 2.75) is 31.4 Å². The average molecular weight is 394 g/mol. The van der Waals surface area contributed by atoms with E-state index >= 15 is 0 Å². The second-order valence-electron chi connectivity index (χ2n) is 6.05. The molecular formula is C18H24ClN5OS. The monoisotopic (exact) mass is 393 g/mol. The van der Waals surface area contributed by atoms with Crippen LogP contribution in [0.1, 0.15) is 25.7 Å². The maximum absolute atomic E-state index is 5.90. The van der Waals surface area contributed by atoms with E-state index in [1.165, 1.54) is 18.6 Å². The van der Waals surface area contributed by atoms with Crippen LogP contribution < -0.4 is 10.6 Å². The van der Waals surface area contributed by atoms with Gasteiger partial charge in [-0.1, -0.05) is 16.8 Å². The zero-order valence-corrected chi connectivity index (χ0v) is 16.4. The molecule has 1 atom stereocenters. The van der Waals surface area contributed by atoms with Crippen molar-refractivity contribution in [2.75, 3.05) is 25.4 Å². The fourth-order valence-electron chi connectivity index (χ4n) is 2.68. The third kappa shape index (κ3) is 5.64. The van der Waals surface area contributed by atoms with Gasteiger partial charge < -0.3 is 15.2 Å². The topological polar surface area (TPSA) is 75.3 Å². The quantitative estimate of drug-likeness (QED) is 0.554. The highest BCUT2D eigenvalue weighted by Crippen LogP contribution is 2.26. The van der Waals surface area contributed by atoms with Crippen molar-refractivity contribution in [3.05, 3.63) is 35.2 Å². The number of hydrogen-bond acceptors (Lipinski definition) is 5. The molecule has 8 heteroatoms. The van der Waals surface area contributed by atoms with Crippen LogP contribution in [-0.2, 0) is 6.42 Å². The van der Waals surface area contributed by atoms with E-state index in [1.54, 1.807) is 0 Å². The van der Waals surface area contributed by atoms with Gasteiger partial charge in [0.15, 0.2) is 5.96 Å². The van der Waals surface area contributed by atoms with Crippen LogP contribution in [0.2, 0.25) is 5.02 Å². The molecule has 1 aliphatic rings. The Kier molecular flexibility index (Phi) is 7.20. The minimum Gasteiger partial charge on any atom is -0.357 e. The van der Waals surface area contributed by atoms with Gasteiger partial charge in [-0.05, 0) is 49.8 Å². The standard InChI is InChI=1S/C18H24ClN5OS/c1-2-20-18(22-12-15-4-3-11-26-15)21-10-9-16-23-17(24-25-16)13-5-7-14(19)8-6-13/h5-8,15H,2-4,9-12H2,1H3,(H2,20,21,22). The smallest absolute Gasteiger partial charge is 0.228 e. The van der Waals surface area contributed by atoms with E-state index < -0.39 is 0 Å². The minimum atomic E-state index is 0.579. The molecule has 1 saturated heterocycles. The van der Waals surface area contributed by atoms with Crippen molar-refractivity contribution < 1.29 is 4.52 Å². The van der Waals surface area contributed by atoms with Crippen molar-refractivity contribution in [3.63, 3.8) is 0 Å². The van der Waals surface area contributed by atoms with E-state index in [2.05, 4.69) is 32.7 Å². The lowest BCUT2D eigenvalue weighted by atomic mass is 10.2. The van der Waals surface area contributed by atoms with E-state index in [9.17, 15) is 0 Å². The number of guanidine groups is 1. The molecule has 1 aliphatic heterocycles. The Morgan fingerprint density at radius 3 is 2.92 bits per heavy atom. The van der Waals surface area contributed by atoms with Gasteiger partial charge in [0, 0.05) is 35.3 Å².